The second kappa shape index (κ2) is 11.5. The minimum Gasteiger partial charge on any atom is -0.380 e. The Labute approximate surface area is 153 Å². The Balaban J connectivity index is 0.00000242. The zero-order chi connectivity index (χ0) is 15.2. The fraction of sp³-hybridized carbons (Fsp3) is 0.938. The highest BCUT2D eigenvalue weighted by Crippen LogP contribution is 2.21. The molecule has 2 rings (SSSR count). The van der Waals surface area contributed by atoms with E-state index in [4.69, 9.17) is 4.74 Å². The standard InChI is InChI=1S/C16H31N3O2.2ClH/c1-4-15-12-19(7-6-18(15)8-9-21-5-2)16(20)13(3)14-10-17-11-14;;/h13-15,17H,4-12H2,1-3H3;2*1H. The van der Waals surface area contributed by atoms with Crippen molar-refractivity contribution in [3.05, 3.63) is 0 Å². The van der Waals surface area contributed by atoms with Crippen LogP contribution in [0.15, 0.2) is 0 Å². The van der Waals surface area contributed by atoms with Crippen LogP contribution < -0.4 is 5.32 Å². The van der Waals surface area contributed by atoms with Crippen LogP contribution in [-0.2, 0) is 9.53 Å². The number of ether oxygens (including phenoxy) is 1. The monoisotopic (exact) mass is 369 g/mol. The van der Waals surface area contributed by atoms with Crippen molar-refractivity contribution < 1.29 is 9.53 Å². The number of hydrogen-bond acceptors (Lipinski definition) is 4. The third kappa shape index (κ3) is 6.05. The fourth-order valence-corrected chi connectivity index (χ4v) is 3.26. The zero-order valence-corrected chi connectivity index (χ0v) is 16.3. The van der Waals surface area contributed by atoms with E-state index in [1.165, 1.54) is 0 Å². The van der Waals surface area contributed by atoms with Gasteiger partial charge in [0.15, 0.2) is 0 Å². The third-order valence-corrected chi connectivity index (χ3v) is 5.02. The van der Waals surface area contributed by atoms with Crippen LogP contribution in [-0.4, -0.2) is 74.2 Å². The summed E-state index contributed by atoms with van der Waals surface area (Å²) in [6.07, 6.45) is 1.09. The molecule has 0 aromatic rings. The van der Waals surface area contributed by atoms with Crippen LogP contribution >= 0.6 is 24.8 Å². The minimum absolute atomic E-state index is 0. The Bertz CT molecular complexity index is 343. The number of rotatable bonds is 7. The molecule has 1 amide bonds. The van der Waals surface area contributed by atoms with Crippen LogP contribution in [0.3, 0.4) is 0 Å². The largest absolute Gasteiger partial charge is 0.380 e. The number of piperazine rings is 1. The maximum Gasteiger partial charge on any atom is 0.225 e. The molecule has 23 heavy (non-hydrogen) atoms. The van der Waals surface area contributed by atoms with Crippen molar-refractivity contribution in [2.45, 2.75) is 33.2 Å². The van der Waals surface area contributed by atoms with Crippen molar-refractivity contribution >= 4 is 30.7 Å². The molecule has 2 aliphatic heterocycles. The summed E-state index contributed by atoms with van der Waals surface area (Å²) < 4.78 is 5.47. The van der Waals surface area contributed by atoms with Gasteiger partial charge in [-0.3, -0.25) is 9.69 Å². The number of carbonyl (C=O) groups is 1. The van der Waals surface area contributed by atoms with Crippen LogP contribution in [0, 0.1) is 11.8 Å². The van der Waals surface area contributed by atoms with Crippen molar-refractivity contribution in [2.24, 2.45) is 11.8 Å². The van der Waals surface area contributed by atoms with Gasteiger partial charge in [0.1, 0.15) is 0 Å². The van der Waals surface area contributed by atoms with Gasteiger partial charge in [0.05, 0.1) is 6.61 Å². The molecule has 2 fully saturated rings. The lowest BCUT2D eigenvalue weighted by Crippen LogP contribution is -2.58. The van der Waals surface area contributed by atoms with Gasteiger partial charge < -0.3 is 15.0 Å². The normalized spacial score (nSPS) is 23.4. The van der Waals surface area contributed by atoms with Crippen molar-refractivity contribution in [3.63, 3.8) is 0 Å². The smallest absolute Gasteiger partial charge is 0.225 e. The van der Waals surface area contributed by atoms with Gasteiger partial charge in [-0.2, -0.15) is 0 Å². The van der Waals surface area contributed by atoms with Gasteiger partial charge in [0.25, 0.3) is 0 Å². The number of hydrogen-bond donors (Lipinski definition) is 1. The minimum atomic E-state index is 0. The summed E-state index contributed by atoms with van der Waals surface area (Å²) in [4.78, 5) is 17.2. The Morgan fingerprint density at radius 1 is 1.26 bits per heavy atom. The molecular weight excluding hydrogens is 337 g/mol. The first-order chi connectivity index (χ1) is 10.2. The van der Waals surface area contributed by atoms with Crippen molar-refractivity contribution in [2.75, 3.05) is 52.5 Å². The molecular formula is C16H33Cl2N3O2. The molecule has 2 heterocycles. The number of nitrogens with zero attached hydrogens (tertiary/aromatic N) is 2. The van der Waals surface area contributed by atoms with Crippen molar-refractivity contribution in [1.29, 1.82) is 0 Å². The lowest BCUT2D eigenvalue weighted by molar-refractivity contribution is -0.140. The molecule has 0 radical (unpaired) electrons. The summed E-state index contributed by atoms with van der Waals surface area (Å²) in [5.74, 6) is 1.05. The second-order valence-electron chi connectivity index (χ2n) is 6.29. The van der Waals surface area contributed by atoms with Crippen LogP contribution in [0.2, 0.25) is 0 Å². The summed E-state index contributed by atoms with van der Waals surface area (Å²) in [5, 5.41) is 3.26. The van der Waals surface area contributed by atoms with E-state index in [1.54, 1.807) is 0 Å². The molecule has 1 N–H and O–H groups in total. The number of halogens is 2. The molecule has 2 unspecified atom stereocenters. The molecule has 0 aliphatic carbocycles. The predicted octanol–water partition coefficient (Wildman–Crippen LogP) is 1.64. The van der Waals surface area contributed by atoms with E-state index in [0.29, 0.717) is 17.9 Å². The van der Waals surface area contributed by atoms with E-state index in [0.717, 1.165) is 58.9 Å². The SMILES string of the molecule is CCOCCN1CCN(C(=O)C(C)C2CNC2)CC1CC.Cl.Cl. The summed E-state index contributed by atoms with van der Waals surface area (Å²) in [5.41, 5.74) is 0. The average molecular weight is 370 g/mol. The van der Waals surface area contributed by atoms with E-state index in [1.807, 2.05) is 6.92 Å². The first-order valence-electron chi connectivity index (χ1n) is 8.48. The van der Waals surface area contributed by atoms with Gasteiger partial charge in [0, 0.05) is 44.7 Å². The average Bonchev–Trinajstić information content (AvgIpc) is 2.45. The highest BCUT2D eigenvalue weighted by molar-refractivity contribution is 5.85. The summed E-state index contributed by atoms with van der Waals surface area (Å²) in [6, 6.07) is 0.481. The quantitative estimate of drug-likeness (QED) is 0.693. The van der Waals surface area contributed by atoms with Gasteiger partial charge in [-0.05, 0) is 32.4 Å². The molecule has 0 aromatic heterocycles. The van der Waals surface area contributed by atoms with E-state index in [-0.39, 0.29) is 30.7 Å². The summed E-state index contributed by atoms with van der Waals surface area (Å²) in [7, 11) is 0. The van der Waals surface area contributed by atoms with E-state index in [9.17, 15) is 4.79 Å². The van der Waals surface area contributed by atoms with E-state index in [2.05, 4.69) is 29.0 Å². The molecule has 0 aromatic carbocycles. The lowest BCUT2D eigenvalue weighted by atomic mass is 9.87. The lowest BCUT2D eigenvalue weighted by Gasteiger charge is -2.43. The Kier molecular flexibility index (Phi) is 11.4. The molecule has 2 atom stereocenters. The molecule has 0 spiro atoms. The van der Waals surface area contributed by atoms with Crippen LogP contribution in [0.5, 0.6) is 0 Å². The topological polar surface area (TPSA) is 44.8 Å². The molecule has 2 aliphatic rings. The maximum atomic E-state index is 12.6. The van der Waals surface area contributed by atoms with Crippen LogP contribution in [0.1, 0.15) is 27.2 Å². The summed E-state index contributed by atoms with van der Waals surface area (Å²) in [6.45, 7) is 13.6. The van der Waals surface area contributed by atoms with E-state index >= 15 is 0 Å². The summed E-state index contributed by atoms with van der Waals surface area (Å²) >= 11 is 0. The Hall–Kier alpha value is -0.0700. The molecule has 138 valence electrons. The van der Waals surface area contributed by atoms with Gasteiger partial charge >= 0.3 is 0 Å². The predicted molar refractivity (Wildman–Crippen MR) is 98.7 cm³/mol. The molecule has 5 nitrogen and oxygen atoms in total. The van der Waals surface area contributed by atoms with Gasteiger partial charge in [-0.1, -0.05) is 13.8 Å². The highest BCUT2D eigenvalue weighted by atomic mass is 35.5. The number of carbonyl (C=O) groups excluding carboxylic acids is 1. The first-order valence-corrected chi connectivity index (χ1v) is 8.48. The van der Waals surface area contributed by atoms with Crippen LogP contribution in [0.25, 0.3) is 0 Å². The second-order valence-corrected chi connectivity index (χ2v) is 6.29. The van der Waals surface area contributed by atoms with Crippen LogP contribution in [0.4, 0.5) is 0 Å². The molecule has 7 heteroatoms. The fourth-order valence-electron chi connectivity index (χ4n) is 3.26. The first kappa shape index (κ1) is 22.9. The van der Waals surface area contributed by atoms with Gasteiger partial charge in [-0.25, -0.2) is 0 Å². The maximum absolute atomic E-state index is 12.6. The van der Waals surface area contributed by atoms with Crippen molar-refractivity contribution in [3.8, 4) is 0 Å². The van der Waals surface area contributed by atoms with E-state index < -0.39 is 0 Å². The highest BCUT2D eigenvalue weighted by Gasteiger charge is 2.34. The Morgan fingerprint density at radius 3 is 2.48 bits per heavy atom. The zero-order valence-electron chi connectivity index (χ0n) is 14.6. The third-order valence-electron chi connectivity index (χ3n) is 5.02. The van der Waals surface area contributed by atoms with Gasteiger partial charge in [-0.15, -0.1) is 24.8 Å². The Morgan fingerprint density at radius 2 is 1.96 bits per heavy atom. The van der Waals surface area contributed by atoms with Crippen molar-refractivity contribution in [1.82, 2.24) is 15.1 Å². The molecule has 0 saturated carbocycles. The van der Waals surface area contributed by atoms with Gasteiger partial charge in [0.2, 0.25) is 5.91 Å². The molecule has 0 bridgehead atoms. The number of nitrogens with one attached hydrogen (secondary N) is 1. The number of amides is 1. The molecule has 2 saturated heterocycles.